The van der Waals surface area contributed by atoms with Crippen LogP contribution in [0.15, 0.2) is 46.9 Å². The fourth-order valence-electron chi connectivity index (χ4n) is 1.76. The third kappa shape index (κ3) is 5.51. The molecule has 0 unspecified atom stereocenters. The first kappa shape index (κ1) is 17.7. The Morgan fingerprint density at radius 2 is 1.86 bits per heavy atom. The van der Waals surface area contributed by atoms with Crippen molar-refractivity contribution < 1.29 is 4.79 Å². The molecule has 1 amide bonds. The zero-order valence-electron chi connectivity index (χ0n) is 11.6. The molecular weight excluding hydrogens is 405 g/mol. The lowest BCUT2D eigenvalue weighted by Crippen LogP contribution is -2.25. The van der Waals surface area contributed by atoms with E-state index in [0.717, 1.165) is 21.5 Å². The Bertz CT molecular complexity index is 649. The van der Waals surface area contributed by atoms with Crippen LogP contribution in [0.5, 0.6) is 0 Å². The summed E-state index contributed by atoms with van der Waals surface area (Å²) in [6.45, 7) is 0.616. The number of nitrogens with one attached hydrogen (secondary N) is 1. The van der Waals surface area contributed by atoms with Crippen LogP contribution >= 0.6 is 50.9 Å². The molecule has 0 bridgehead atoms. The van der Waals surface area contributed by atoms with Crippen molar-refractivity contribution in [1.82, 2.24) is 5.32 Å². The van der Waals surface area contributed by atoms with E-state index in [1.807, 2.05) is 24.3 Å². The molecule has 0 aliphatic carbocycles. The zero-order chi connectivity index (χ0) is 15.9. The van der Waals surface area contributed by atoms with Gasteiger partial charge in [-0.2, -0.15) is 11.8 Å². The van der Waals surface area contributed by atoms with E-state index in [2.05, 4.69) is 21.2 Å². The molecule has 0 aromatic heterocycles. The van der Waals surface area contributed by atoms with Crippen LogP contribution < -0.4 is 5.32 Å². The van der Waals surface area contributed by atoms with Gasteiger partial charge in [-0.15, -0.1) is 0 Å². The minimum Gasteiger partial charge on any atom is -0.351 e. The summed E-state index contributed by atoms with van der Waals surface area (Å²) in [6.07, 6.45) is 0. The molecule has 0 radical (unpaired) electrons. The fraction of sp³-hybridized carbons (Fsp3) is 0.188. The molecule has 0 spiro atoms. The summed E-state index contributed by atoms with van der Waals surface area (Å²) in [5.41, 5.74) is 1.71. The van der Waals surface area contributed by atoms with E-state index in [0.29, 0.717) is 22.2 Å². The number of rotatable bonds is 6. The van der Waals surface area contributed by atoms with Gasteiger partial charge < -0.3 is 5.32 Å². The van der Waals surface area contributed by atoms with Crippen molar-refractivity contribution in [2.45, 2.75) is 5.75 Å². The second kappa shape index (κ2) is 8.82. The van der Waals surface area contributed by atoms with Crippen LogP contribution in [-0.2, 0) is 5.75 Å². The first-order valence-corrected chi connectivity index (χ1v) is 9.32. The highest BCUT2D eigenvalue weighted by Crippen LogP contribution is 2.24. The van der Waals surface area contributed by atoms with E-state index in [1.54, 1.807) is 30.0 Å². The first-order valence-electron chi connectivity index (χ1n) is 6.61. The molecule has 0 saturated heterocycles. The highest BCUT2D eigenvalue weighted by molar-refractivity contribution is 9.10. The number of hydrogen-bond acceptors (Lipinski definition) is 2. The summed E-state index contributed by atoms with van der Waals surface area (Å²) in [6, 6.07) is 12.8. The topological polar surface area (TPSA) is 29.1 Å². The van der Waals surface area contributed by atoms with E-state index in [4.69, 9.17) is 23.2 Å². The highest BCUT2D eigenvalue weighted by Gasteiger charge is 2.05. The van der Waals surface area contributed by atoms with Gasteiger partial charge in [0, 0.05) is 38.1 Å². The van der Waals surface area contributed by atoms with Crippen LogP contribution in [0.2, 0.25) is 10.0 Å². The number of hydrogen-bond donors (Lipinski definition) is 1. The third-order valence-electron chi connectivity index (χ3n) is 2.91. The lowest BCUT2D eigenvalue weighted by molar-refractivity contribution is 0.0956. The first-order chi connectivity index (χ1) is 10.6. The summed E-state index contributed by atoms with van der Waals surface area (Å²) in [4.78, 5) is 11.9. The number of thioether (sulfide) groups is 1. The maximum Gasteiger partial charge on any atom is 0.251 e. The maximum absolute atomic E-state index is 11.9. The van der Waals surface area contributed by atoms with Gasteiger partial charge in [0.2, 0.25) is 0 Å². The van der Waals surface area contributed by atoms with Crippen LogP contribution in [0.3, 0.4) is 0 Å². The Kier molecular flexibility index (Phi) is 7.09. The van der Waals surface area contributed by atoms with E-state index < -0.39 is 0 Å². The number of amides is 1. The molecule has 0 fully saturated rings. The smallest absolute Gasteiger partial charge is 0.251 e. The van der Waals surface area contributed by atoms with Gasteiger partial charge in [-0.25, -0.2) is 0 Å². The Balaban J connectivity index is 1.71. The average molecular weight is 419 g/mol. The van der Waals surface area contributed by atoms with Gasteiger partial charge in [0.15, 0.2) is 0 Å². The summed E-state index contributed by atoms with van der Waals surface area (Å²) >= 11 is 17.0. The predicted molar refractivity (Wildman–Crippen MR) is 99.1 cm³/mol. The summed E-state index contributed by atoms with van der Waals surface area (Å²) in [7, 11) is 0. The minimum atomic E-state index is -0.0578. The van der Waals surface area contributed by atoms with Crippen LogP contribution in [0.4, 0.5) is 0 Å². The standard InChI is InChI=1S/C16H14BrCl2NOS/c17-13-4-1-11(2-5-13)16(21)20-7-8-22-10-12-3-6-14(18)9-15(12)19/h1-6,9H,7-8,10H2,(H,20,21). The average Bonchev–Trinajstić information content (AvgIpc) is 2.49. The molecule has 2 aromatic carbocycles. The third-order valence-corrected chi connectivity index (χ3v) is 5.03. The van der Waals surface area contributed by atoms with Crippen molar-refractivity contribution in [2.24, 2.45) is 0 Å². The largest absolute Gasteiger partial charge is 0.351 e. The van der Waals surface area contributed by atoms with E-state index >= 15 is 0 Å². The number of halogens is 3. The maximum atomic E-state index is 11.9. The molecule has 0 heterocycles. The minimum absolute atomic E-state index is 0.0578. The van der Waals surface area contributed by atoms with E-state index in [1.165, 1.54) is 0 Å². The van der Waals surface area contributed by atoms with Crippen molar-refractivity contribution in [3.05, 3.63) is 68.1 Å². The van der Waals surface area contributed by atoms with Crippen molar-refractivity contribution in [3.8, 4) is 0 Å². The molecule has 6 heteroatoms. The molecule has 0 aliphatic rings. The summed E-state index contributed by atoms with van der Waals surface area (Å²) < 4.78 is 0.958. The molecule has 0 aliphatic heterocycles. The van der Waals surface area contributed by atoms with Gasteiger partial charge in [0.05, 0.1) is 0 Å². The second-order valence-electron chi connectivity index (χ2n) is 4.55. The van der Waals surface area contributed by atoms with Gasteiger partial charge in [-0.05, 0) is 42.0 Å². The lowest BCUT2D eigenvalue weighted by Gasteiger charge is -2.07. The summed E-state index contributed by atoms with van der Waals surface area (Å²) in [5.74, 6) is 1.56. The quantitative estimate of drug-likeness (QED) is 0.634. The van der Waals surface area contributed by atoms with E-state index in [9.17, 15) is 4.79 Å². The van der Waals surface area contributed by atoms with Gasteiger partial charge in [-0.3, -0.25) is 4.79 Å². The van der Waals surface area contributed by atoms with Crippen LogP contribution in [0.1, 0.15) is 15.9 Å². The molecule has 116 valence electrons. The molecular formula is C16H14BrCl2NOS. The second-order valence-corrected chi connectivity index (χ2v) is 7.42. The van der Waals surface area contributed by atoms with Crippen molar-refractivity contribution in [1.29, 1.82) is 0 Å². The number of carbonyl (C=O) groups excluding carboxylic acids is 1. The Labute approximate surface area is 152 Å². The fourth-order valence-corrected chi connectivity index (χ4v) is 3.44. The molecule has 2 nitrogen and oxygen atoms in total. The van der Waals surface area contributed by atoms with Crippen molar-refractivity contribution in [2.75, 3.05) is 12.3 Å². The van der Waals surface area contributed by atoms with Crippen LogP contribution in [-0.4, -0.2) is 18.2 Å². The van der Waals surface area contributed by atoms with Crippen LogP contribution in [0.25, 0.3) is 0 Å². The van der Waals surface area contributed by atoms with Gasteiger partial charge >= 0.3 is 0 Å². The highest BCUT2D eigenvalue weighted by atomic mass is 79.9. The number of carbonyl (C=O) groups is 1. The Hall–Kier alpha value is -0.680. The zero-order valence-corrected chi connectivity index (χ0v) is 15.5. The van der Waals surface area contributed by atoms with Gasteiger partial charge in [-0.1, -0.05) is 45.2 Å². The van der Waals surface area contributed by atoms with Crippen molar-refractivity contribution in [3.63, 3.8) is 0 Å². The predicted octanol–water partition coefficient (Wildman–Crippen LogP) is 5.42. The monoisotopic (exact) mass is 417 g/mol. The van der Waals surface area contributed by atoms with E-state index in [-0.39, 0.29) is 5.91 Å². The molecule has 1 N–H and O–H groups in total. The molecule has 2 rings (SSSR count). The summed E-state index contributed by atoms with van der Waals surface area (Å²) in [5, 5.41) is 4.22. The lowest BCUT2D eigenvalue weighted by atomic mass is 10.2. The van der Waals surface area contributed by atoms with Gasteiger partial charge in [0.1, 0.15) is 0 Å². The molecule has 0 saturated carbocycles. The molecule has 2 aromatic rings. The van der Waals surface area contributed by atoms with Crippen LogP contribution in [0, 0.1) is 0 Å². The SMILES string of the molecule is O=C(NCCSCc1ccc(Cl)cc1Cl)c1ccc(Br)cc1. The molecule has 0 atom stereocenters. The number of benzene rings is 2. The molecule has 22 heavy (non-hydrogen) atoms. The Morgan fingerprint density at radius 3 is 2.55 bits per heavy atom. The normalized spacial score (nSPS) is 10.5. The van der Waals surface area contributed by atoms with Gasteiger partial charge in [0.25, 0.3) is 5.91 Å². The van der Waals surface area contributed by atoms with Crippen molar-refractivity contribution >= 4 is 56.8 Å². The Morgan fingerprint density at radius 1 is 1.14 bits per heavy atom.